The quantitative estimate of drug-likeness (QED) is 0.675. The zero-order chi connectivity index (χ0) is 20.0. The minimum Gasteiger partial charge on any atom is -0.384 e. The van der Waals surface area contributed by atoms with E-state index in [1.165, 1.54) is 0 Å². The van der Waals surface area contributed by atoms with Crippen LogP contribution in [0.1, 0.15) is 19.8 Å². The number of nitrogen functional groups attached to an aromatic ring is 1. The van der Waals surface area contributed by atoms with E-state index in [1.54, 1.807) is 18.0 Å². The van der Waals surface area contributed by atoms with Gasteiger partial charge in [0.2, 0.25) is 5.95 Å². The van der Waals surface area contributed by atoms with Crippen molar-refractivity contribution in [2.24, 2.45) is 11.1 Å². The van der Waals surface area contributed by atoms with Gasteiger partial charge >= 0.3 is 0 Å². The number of ether oxygens (including phenoxy) is 1. The number of hydrogen-bond donors (Lipinski definition) is 2. The number of piperidine rings is 1. The van der Waals surface area contributed by atoms with E-state index in [0.717, 1.165) is 53.9 Å². The molecule has 3 aromatic rings. The Hall–Kier alpha value is -2.36. The number of nitrogens with two attached hydrogens (primary N) is 2. The summed E-state index contributed by atoms with van der Waals surface area (Å²) in [6.07, 6.45) is 9.57. The average Bonchev–Trinajstić information content (AvgIpc) is 3.32. The van der Waals surface area contributed by atoms with Gasteiger partial charge in [0, 0.05) is 54.2 Å². The van der Waals surface area contributed by atoms with Gasteiger partial charge in [0.05, 0.1) is 17.6 Å². The van der Waals surface area contributed by atoms with Crippen LogP contribution in [-0.4, -0.2) is 51.2 Å². The summed E-state index contributed by atoms with van der Waals surface area (Å²) in [7, 11) is 0. The maximum Gasteiger partial charge on any atom is 0.211 e. The van der Waals surface area contributed by atoms with E-state index < -0.39 is 0 Å². The van der Waals surface area contributed by atoms with Gasteiger partial charge in [-0.3, -0.25) is 4.40 Å². The summed E-state index contributed by atoms with van der Waals surface area (Å²) >= 11 is 1.59. The fourth-order valence-corrected chi connectivity index (χ4v) is 5.34. The van der Waals surface area contributed by atoms with Crippen molar-refractivity contribution in [3.05, 3.63) is 36.9 Å². The van der Waals surface area contributed by atoms with Crippen molar-refractivity contribution in [1.82, 2.24) is 19.4 Å². The van der Waals surface area contributed by atoms with E-state index >= 15 is 0 Å². The van der Waals surface area contributed by atoms with Gasteiger partial charge in [0.1, 0.15) is 5.82 Å². The third kappa shape index (κ3) is 3.23. The molecule has 4 N–H and O–H groups in total. The van der Waals surface area contributed by atoms with E-state index in [9.17, 15) is 0 Å². The normalized spacial score (nSPS) is 23.9. The van der Waals surface area contributed by atoms with Crippen molar-refractivity contribution >= 4 is 29.2 Å². The van der Waals surface area contributed by atoms with Crippen LogP contribution >= 0.6 is 11.8 Å². The highest BCUT2D eigenvalue weighted by molar-refractivity contribution is 7.99. The van der Waals surface area contributed by atoms with Crippen molar-refractivity contribution in [2.75, 3.05) is 30.3 Å². The number of rotatable bonds is 3. The Labute approximate surface area is 173 Å². The predicted molar refractivity (Wildman–Crippen MR) is 113 cm³/mol. The van der Waals surface area contributed by atoms with E-state index in [0.29, 0.717) is 5.82 Å². The van der Waals surface area contributed by atoms with Crippen LogP contribution in [0.4, 0.5) is 11.8 Å². The third-order valence-electron chi connectivity index (χ3n) is 6.24. The second-order valence-electron chi connectivity index (χ2n) is 7.95. The molecule has 0 amide bonds. The molecular formula is C20H25N7OS. The molecule has 3 aromatic heterocycles. The molecule has 2 atom stereocenters. The van der Waals surface area contributed by atoms with E-state index in [1.807, 2.05) is 30.7 Å². The monoisotopic (exact) mass is 411 g/mol. The molecule has 0 saturated carbocycles. The maximum atomic E-state index is 6.46. The van der Waals surface area contributed by atoms with Crippen molar-refractivity contribution in [2.45, 2.75) is 41.7 Å². The molecule has 0 radical (unpaired) electrons. The van der Waals surface area contributed by atoms with Gasteiger partial charge in [-0.2, -0.15) is 0 Å². The summed E-state index contributed by atoms with van der Waals surface area (Å²) in [5, 5.41) is 0. The first kappa shape index (κ1) is 18.7. The smallest absolute Gasteiger partial charge is 0.211 e. The van der Waals surface area contributed by atoms with Crippen LogP contribution in [0, 0.1) is 5.41 Å². The molecule has 0 aromatic carbocycles. The predicted octanol–water partition coefficient (Wildman–Crippen LogP) is 2.19. The maximum absolute atomic E-state index is 6.46. The lowest BCUT2D eigenvalue weighted by atomic mass is 9.73. The van der Waals surface area contributed by atoms with Crippen molar-refractivity contribution in [1.29, 1.82) is 0 Å². The largest absolute Gasteiger partial charge is 0.384 e. The number of anilines is 2. The summed E-state index contributed by atoms with van der Waals surface area (Å²) in [6.45, 7) is 4.67. The Morgan fingerprint density at radius 2 is 2.03 bits per heavy atom. The molecule has 1 spiro atoms. The van der Waals surface area contributed by atoms with Crippen molar-refractivity contribution in [3.8, 4) is 0 Å². The van der Waals surface area contributed by atoms with Crippen LogP contribution < -0.4 is 16.4 Å². The lowest BCUT2D eigenvalue weighted by Crippen LogP contribution is -2.51. The molecule has 29 heavy (non-hydrogen) atoms. The van der Waals surface area contributed by atoms with Crippen molar-refractivity contribution in [3.63, 3.8) is 0 Å². The lowest BCUT2D eigenvalue weighted by Gasteiger charge is -2.41. The molecule has 0 unspecified atom stereocenters. The van der Waals surface area contributed by atoms with Gasteiger partial charge in [-0.05, 0) is 31.9 Å². The van der Waals surface area contributed by atoms with Gasteiger partial charge in [-0.15, -0.1) is 0 Å². The van der Waals surface area contributed by atoms with Crippen LogP contribution in [0.25, 0.3) is 5.65 Å². The van der Waals surface area contributed by atoms with Crippen LogP contribution in [0.2, 0.25) is 0 Å². The Morgan fingerprint density at radius 1 is 1.21 bits per heavy atom. The number of hydrogen-bond acceptors (Lipinski definition) is 8. The summed E-state index contributed by atoms with van der Waals surface area (Å²) in [5.41, 5.74) is 13.3. The fraction of sp³-hybridized carbons (Fsp3) is 0.450. The molecule has 0 bridgehead atoms. The molecule has 0 aliphatic carbocycles. The Morgan fingerprint density at radius 3 is 2.76 bits per heavy atom. The zero-order valence-corrected chi connectivity index (χ0v) is 17.2. The zero-order valence-electron chi connectivity index (χ0n) is 16.4. The van der Waals surface area contributed by atoms with Crippen LogP contribution in [-0.2, 0) is 4.74 Å². The van der Waals surface area contributed by atoms with Gasteiger partial charge in [-0.25, -0.2) is 15.0 Å². The van der Waals surface area contributed by atoms with Gasteiger partial charge in [-0.1, -0.05) is 11.8 Å². The summed E-state index contributed by atoms with van der Waals surface area (Å²) < 4.78 is 7.92. The first-order chi connectivity index (χ1) is 14.1. The highest BCUT2D eigenvalue weighted by Crippen LogP contribution is 2.42. The minimum absolute atomic E-state index is 0.0983. The van der Waals surface area contributed by atoms with Gasteiger partial charge < -0.3 is 21.1 Å². The fourth-order valence-electron chi connectivity index (χ4n) is 4.43. The molecule has 9 heteroatoms. The molecule has 5 rings (SSSR count). The Kier molecular flexibility index (Phi) is 4.60. The summed E-state index contributed by atoms with van der Waals surface area (Å²) in [4.78, 5) is 17.7. The molecule has 8 nitrogen and oxygen atoms in total. The third-order valence-corrected chi connectivity index (χ3v) is 7.24. The van der Waals surface area contributed by atoms with E-state index in [2.05, 4.69) is 26.2 Å². The highest BCUT2D eigenvalue weighted by atomic mass is 32.2. The lowest BCUT2D eigenvalue weighted by molar-refractivity contribution is 0.0973. The molecule has 2 aliphatic rings. The van der Waals surface area contributed by atoms with Crippen molar-refractivity contribution < 1.29 is 4.74 Å². The van der Waals surface area contributed by atoms with Crippen LogP contribution in [0.3, 0.4) is 0 Å². The number of pyridine rings is 1. The number of nitrogens with zero attached hydrogens (tertiary/aromatic N) is 5. The SMILES string of the molecule is C[C@@H]1OCC2(CCN(c3ncc(Sc4ccnc(N)c4)c4nccn34)CC2)[C@@H]1N. The second-order valence-corrected chi connectivity index (χ2v) is 9.07. The average molecular weight is 412 g/mol. The van der Waals surface area contributed by atoms with E-state index in [4.69, 9.17) is 21.2 Å². The second kappa shape index (κ2) is 7.16. The topological polar surface area (TPSA) is 108 Å². The minimum atomic E-state index is 0.0983. The number of fused-ring (bicyclic) bond motifs is 1. The first-order valence-electron chi connectivity index (χ1n) is 9.89. The Bertz CT molecular complexity index is 1030. The molecule has 5 heterocycles. The molecule has 2 saturated heterocycles. The van der Waals surface area contributed by atoms with E-state index in [-0.39, 0.29) is 17.6 Å². The Balaban J connectivity index is 1.39. The number of aromatic nitrogens is 4. The summed E-state index contributed by atoms with van der Waals surface area (Å²) in [6, 6.07) is 3.90. The van der Waals surface area contributed by atoms with Crippen LogP contribution in [0.5, 0.6) is 0 Å². The standard InChI is InChI=1S/C20H25N7OS/c1-13-17(22)20(12-28-13)3-7-26(8-4-20)19-25-11-15(18-24-6-9-27(18)19)29-14-2-5-23-16(21)10-14/h2,5-6,9-11,13,17H,3-4,7-8,12,22H2,1H3,(H2,21,23)/t13-,17+/m0/s1. The molecule has 2 aliphatic heterocycles. The number of imidazole rings is 1. The summed E-state index contributed by atoms with van der Waals surface area (Å²) in [5.74, 6) is 1.43. The van der Waals surface area contributed by atoms with Gasteiger partial charge in [0.25, 0.3) is 0 Å². The van der Waals surface area contributed by atoms with Gasteiger partial charge in [0.15, 0.2) is 5.65 Å². The molecular weight excluding hydrogens is 386 g/mol. The molecule has 2 fully saturated rings. The molecule has 152 valence electrons. The van der Waals surface area contributed by atoms with Crippen LogP contribution in [0.15, 0.2) is 46.7 Å². The highest BCUT2D eigenvalue weighted by Gasteiger charge is 2.47. The first-order valence-corrected chi connectivity index (χ1v) is 10.7.